The van der Waals surface area contributed by atoms with E-state index in [2.05, 4.69) is 5.32 Å². The first kappa shape index (κ1) is 20.8. The van der Waals surface area contributed by atoms with Gasteiger partial charge in [-0.15, -0.1) is 0 Å². The molecular formula is C20H22N2O6. The first-order chi connectivity index (χ1) is 13.3. The molecule has 0 saturated carbocycles. The van der Waals surface area contributed by atoms with E-state index in [0.717, 1.165) is 5.56 Å². The Hall–Kier alpha value is -3.55. The Kier molecular flexibility index (Phi) is 6.97. The number of rotatable bonds is 8. The maximum Gasteiger partial charge on any atom is 0.273 e. The van der Waals surface area contributed by atoms with E-state index in [1.807, 2.05) is 13.8 Å². The minimum absolute atomic E-state index is 0.0118. The van der Waals surface area contributed by atoms with Crippen LogP contribution in [0.5, 0.6) is 17.2 Å². The Bertz CT molecular complexity index is 892. The van der Waals surface area contributed by atoms with Gasteiger partial charge in [0.15, 0.2) is 11.5 Å². The third-order valence-corrected chi connectivity index (χ3v) is 3.63. The average Bonchev–Trinajstić information content (AvgIpc) is 2.66. The number of nitro groups is 1. The van der Waals surface area contributed by atoms with Crippen LogP contribution in [0.2, 0.25) is 0 Å². The highest BCUT2D eigenvalue weighted by atomic mass is 16.6. The van der Waals surface area contributed by atoms with E-state index in [1.165, 1.54) is 31.4 Å². The van der Waals surface area contributed by atoms with Crippen molar-refractivity contribution in [3.8, 4) is 17.2 Å². The van der Waals surface area contributed by atoms with Gasteiger partial charge in [0.05, 0.1) is 37.0 Å². The summed E-state index contributed by atoms with van der Waals surface area (Å²) in [6.45, 7) is 3.84. The number of benzene rings is 2. The zero-order chi connectivity index (χ0) is 20.7. The summed E-state index contributed by atoms with van der Waals surface area (Å²) < 4.78 is 16.1. The monoisotopic (exact) mass is 386 g/mol. The molecule has 8 nitrogen and oxygen atoms in total. The lowest BCUT2D eigenvalue weighted by molar-refractivity contribution is -0.384. The van der Waals surface area contributed by atoms with Gasteiger partial charge in [-0.2, -0.15) is 0 Å². The molecule has 28 heavy (non-hydrogen) atoms. The number of anilines is 1. The van der Waals surface area contributed by atoms with E-state index in [-0.39, 0.29) is 17.5 Å². The summed E-state index contributed by atoms with van der Waals surface area (Å²) in [5.74, 6) is 0.976. The fourth-order valence-corrected chi connectivity index (χ4v) is 2.38. The SMILES string of the molecule is COc1cc([N+](=O)[O-])ccc1NC(=O)/C=C/c1ccc(OC(C)C)c(OC)c1. The summed E-state index contributed by atoms with van der Waals surface area (Å²) in [6, 6.07) is 9.29. The second-order valence-electron chi connectivity index (χ2n) is 6.04. The highest BCUT2D eigenvalue weighted by molar-refractivity contribution is 6.02. The number of amides is 1. The van der Waals surface area contributed by atoms with Crippen LogP contribution >= 0.6 is 0 Å². The van der Waals surface area contributed by atoms with Gasteiger partial charge < -0.3 is 19.5 Å². The molecule has 0 aliphatic carbocycles. The molecular weight excluding hydrogens is 364 g/mol. The number of nitrogens with zero attached hydrogens (tertiary/aromatic N) is 1. The lowest BCUT2D eigenvalue weighted by Crippen LogP contribution is -2.09. The number of nitrogens with one attached hydrogen (secondary N) is 1. The number of nitro benzene ring substituents is 1. The number of ether oxygens (including phenoxy) is 3. The number of carbonyl (C=O) groups is 1. The molecule has 0 radical (unpaired) electrons. The smallest absolute Gasteiger partial charge is 0.273 e. The topological polar surface area (TPSA) is 99.9 Å². The van der Waals surface area contributed by atoms with Crippen LogP contribution in [0.3, 0.4) is 0 Å². The molecule has 0 unspecified atom stereocenters. The van der Waals surface area contributed by atoms with Gasteiger partial charge >= 0.3 is 0 Å². The van der Waals surface area contributed by atoms with Crippen LogP contribution in [0.4, 0.5) is 11.4 Å². The van der Waals surface area contributed by atoms with Crippen molar-refractivity contribution in [2.45, 2.75) is 20.0 Å². The van der Waals surface area contributed by atoms with E-state index < -0.39 is 10.8 Å². The Morgan fingerprint density at radius 1 is 1.07 bits per heavy atom. The average molecular weight is 386 g/mol. The molecule has 2 aromatic rings. The lowest BCUT2D eigenvalue weighted by atomic mass is 10.2. The third kappa shape index (κ3) is 5.47. The van der Waals surface area contributed by atoms with Gasteiger partial charge in [-0.3, -0.25) is 14.9 Å². The summed E-state index contributed by atoms with van der Waals surface area (Å²) in [4.78, 5) is 22.5. The quantitative estimate of drug-likeness (QED) is 0.417. The van der Waals surface area contributed by atoms with Crippen molar-refractivity contribution in [2.24, 2.45) is 0 Å². The first-order valence-corrected chi connectivity index (χ1v) is 8.50. The van der Waals surface area contributed by atoms with Gasteiger partial charge in [0.1, 0.15) is 5.75 Å². The van der Waals surface area contributed by atoms with Crippen LogP contribution in [0, 0.1) is 10.1 Å². The molecule has 0 aliphatic heterocycles. The number of hydrogen-bond acceptors (Lipinski definition) is 6. The third-order valence-electron chi connectivity index (χ3n) is 3.63. The van der Waals surface area contributed by atoms with E-state index in [9.17, 15) is 14.9 Å². The molecule has 0 aromatic heterocycles. The fraction of sp³-hybridized carbons (Fsp3) is 0.250. The van der Waals surface area contributed by atoms with Crippen molar-refractivity contribution in [1.82, 2.24) is 0 Å². The normalized spacial score (nSPS) is 10.8. The van der Waals surface area contributed by atoms with Crippen LogP contribution in [-0.4, -0.2) is 31.2 Å². The first-order valence-electron chi connectivity index (χ1n) is 8.50. The van der Waals surface area contributed by atoms with Gasteiger partial charge in [0.2, 0.25) is 5.91 Å². The van der Waals surface area contributed by atoms with Gasteiger partial charge in [-0.05, 0) is 43.7 Å². The van der Waals surface area contributed by atoms with Crippen LogP contribution in [0.15, 0.2) is 42.5 Å². The summed E-state index contributed by atoms with van der Waals surface area (Å²) in [7, 11) is 2.92. The van der Waals surface area contributed by atoms with E-state index in [4.69, 9.17) is 14.2 Å². The molecule has 2 aromatic carbocycles. The van der Waals surface area contributed by atoms with Crippen molar-refractivity contribution in [1.29, 1.82) is 0 Å². The van der Waals surface area contributed by atoms with Crippen molar-refractivity contribution < 1.29 is 23.9 Å². The molecule has 0 fully saturated rings. The van der Waals surface area contributed by atoms with Crippen molar-refractivity contribution in [3.05, 3.63) is 58.2 Å². The standard InChI is InChI=1S/C20H22N2O6/c1-13(2)28-17-9-5-14(11-19(17)27-4)6-10-20(23)21-16-8-7-15(22(24)25)12-18(16)26-3/h5-13H,1-4H3,(H,21,23)/b10-6+. The van der Waals surface area contributed by atoms with Crippen LogP contribution in [0.25, 0.3) is 6.08 Å². The van der Waals surface area contributed by atoms with E-state index in [1.54, 1.807) is 31.4 Å². The molecule has 1 amide bonds. The van der Waals surface area contributed by atoms with Gasteiger partial charge in [-0.25, -0.2) is 0 Å². The predicted octanol–water partition coefficient (Wildman–Crippen LogP) is 4.05. The zero-order valence-electron chi connectivity index (χ0n) is 16.1. The molecule has 0 saturated heterocycles. The molecule has 2 rings (SSSR count). The van der Waals surface area contributed by atoms with Gasteiger partial charge in [0.25, 0.3) is 5.69 Å². The molecule has 0 aliphatic rings. The molecule has 1 N–H and O–H groups in total. The minimum Gasteiger partial charge on any atom is -0.494 e. The summed E-state index contributed by atoms with van der Waals surface area (Å²) >= 11 is 0. The van der Waals surface area contributed by atoms with Crippen molar-refractivity contribution in [3.63, 3.8) is 0 Å². The van der Waals surface area contributed by atoms with Crippen LogP contribution in [0.1, 0.15) is 19.4 Å². The van der Waals surface area contributed by atoms with Crippen molar-refractivity contribution >= 4 is 23.4 Å². The lowest BCUT2D eigenvalue weighted by Gasteiger charge is -2.13. The maximum absolute atomic E-state index is 12.2. The summed E-state index contributed by atoms with van der Waals surface area (Å²) in [5, 5.41) is 13.5. The highest BCUT2D eigenvalue weighted by Gasteiger charge is 2.12. The molecule has 148 valence electrons. The Balaban J connectivity index is 2.12. The second-order valence-corrected chi connectivity index (χ2v) is 6.04. The fourth-order valence-electron chi connectivity index (χ4n) is 2.38. The molecule has 0 heterocycles. The van der Waals surface area contributed by atoms with Gasteiger partial charge in [0, 0.05) is 12.1 Å². The Morgan fingerprint density at radius 3 is 2.39 bits per heavy atom. The summed E-state index contributed by atoms with van der Waals surface area (Å²) in [6.07, 6.45) is 2.98. The second kappa shape index (κ2) is 9.40. The predicted molar refractivity (Wildman–Crippen MR) is 106 cm³/mol. The Labute approximate surface area is 162 Å². The number of non-ortho nitro benzene ring substituents is 1. The number of carbonyl (C=O) groups excluding carboxylic acids is 1. The molecule has 8 heteroatoms. The van der Waals surface area contributed by atoms with E-state index >= 15 is 0 Å². The van der Waals surface area contributed by atoms with E-state index in [0.29, 0.717) is 17.2 Å². The highest BCUT2D eigenvalue weighted by Crippen LogP contribution is 2.30. The maximum atomic E-state index is 12.2. The molecule has 0 spiro atoms. The van der Waals surface area contributed by atoms with Crippen LogP contribution in [-0.2, 0) is 4.79 Å². The molecule has 0 atom stereocenters. The minimum atomic E-state index is -0.534. The number of hydrogen-bond donors (Lipinski definition) is 1. The summed E-state index contributed by atoms with van der Waals surface area (Å²) in [5.41, 5.74) is 0.959. The van der Waals surface area contributed by atoms with Gasteiger partial charge in [-0.1, -0.05) is 6.07 Å². The zero-order valence-corrected chi connectivity index (χ0v) is 16.1. The van der Waals surface area contributed by atoms with Crippen LogP contribution < -0.4 is 19.5 Å². The largest absolute Gasteiger partial charge is 0.494 e. The number of methoxy groups -OCH3 is 2. The van der Waals surface area contributed by atoms with Crippen molar-refractivity contribution in [2.75, 3.05) is 19.5 Å². The Morgan fingerprint density at radius 2 is 1.79 bits per heavy atom. The molecule has 0 bridgehead atoms.